The van der Waals surface area contributed by atoms with Crippen LogP contribution < -0.4 is 0 Å². The molecule has 2 aromatic carbocycles. The fourth-order valence-corrected chi connectivity index (χ4v) is 4.92. The van der Waals surface area contributed by atoms with Gasteiger partial charge in [0, 0.05) is 18.5 Å². The first-order chi connectivity index (χ1) is 14.1. The number of carbonyl (C=O) groups excluding carboxylic acids is 1. The summed E-state index contributed by atoms with van der Waals surface area (Å²) in [6, 6.07) is 16.1. The van der Waals surface area contributed by atoms with Crippen LogP contribution in [0.15, 0.2) is 53.7 Å². The van der Waals surface area contributed by atoms with Gasteiger partial charge in [-0.15, -0.1) is 0 Å². The van der Waals surface area contributed by atoms with Crippen LogP contribution in [0.4, 0.5) is 0 Å². The van der Waals surface area contributed by atoms with Gasteiger partial charge in [0.25, 0.3) is 0 Å². The van der Waals surface area contributed by atoms with Crippen molar-refractivity contribution in [2.45, 2.75) is 31.2 Å². The molecule has 0 radical (unpaired) electrons. The third-order valence-corrected chi connectivity index (χ3v) is 6.13. The molecule has 1 aliphatic rings. The van der Waals surface area contributed by atoms with E-state index in [1.807, 2.05) is 67.3 Å². The van der Waals surface area contributed by atoms with Crippen LogP contribution in [0.3, 0.4) is 0 Å². The van der Waals surface area contributed by atoms with Gasteiger partial charge in [-0.05, 0) is 38.1 Å². The highest BCUT2D eigenvalue weighted by Crippen LogP contribution is 2.29. The van der Waals surface area contributed by atoms with Gasteiger partial charge >= 0.3 is 0 Å². The Balaban J connectivity index is 1.53. The second-order valence-electron chi connectivity index (χ2n) is 7.52. The third kappa shape index (κ3) is 3.34. The number of para-hydroxylation sites is 3. The number of carbonyl (C=O) groups is 1. The molecule has 1 saturated heterocycles. The maximum atomic E-state index is 12.9. The lowest BCUT2D eigenvalue weighted by molar-refractivity contribution is -0.140. The normalized spacial score (nSPS) is 20.0. The average molecular weight is 407 g/mol. The van der Waals surface area contributed by atoms with Gasteiger partial charge in [-0.3, -0.25) is 9.20 Å². The number of hydrogen-bond donors (Lipinski definition) is 0. The third-order valence-electron chi connectivity index (χ3n) is 5.21. The van der Waals surface area contributed by atoms with Crippen LogP contribution in [-0.4, -0.2) is 56.2 Å². The first kappa shape index (κ1) is 18.4. The van der Waals surface area contributed by atoms with Crippen molar-refractivity contribution in [1.82, 2.24) is 19.3 Å². The summed E-state index contributed by atoms with van der Waals surface area (Å²) in [6.07, 6.45) is 0.131. The molecule has 4 aromatic rings. The molecule has 0 spiro atoms. The van der Waals surface area contributed by atoms with Crippen molar-refractivity contribution in [2.75, 3.05) is 18.8 Å². The van der Waals surface area contributed by atoms with Crippen LogP contribution in [0.2, 0.25) is 0 Å². The van der Waals surface area contributed by atoms with E-state index >= 15 is 0 Å². The SMILES string of the molecule is C[C@@H]1CN(C(=O)CSc2nc3ccccc3c3nc4ccccc4n23)C[C@H](C)O1. The molecule has 0 aliphatic carbocycles. The molecule has 0 saturated carbocycles. The van der Waals surface area contributed by atoms with Crippen molar-refractivity contribution in [1.29, 1.82) is 0 Å². The van der Waals surface area contributed by atoms with Crippen molar-refractivity contribution in [3.63, 3.8) is 0 Å². The number of thioether (sulfide) groups is 1. The van der Waals surface area contributed by atoms with Crippen LogP contribution >= 0.6 is 11.8 Å². The number of amides is 1. The molecule has 1 fully saturated rings. The topological polar surface area (TPSA) is 59.7 Å². The highest BCUT2D eigenvalue weighted by Gasteiger charge is 2.26. The molecule has 1 aliphatic heterocycles. The Morgan fingerprint density at radius 2 is 1.72 bits per heavy atom. The zero-order valence-electron chi connectivity index (χ0n) is 16.4. The van der Waals surface area contributed by atoms with Gasteiger partial charge in [-0.25, -0.2) is 9.97 Å². The summed E-state index contributed by atoms with van der Waals surface area (Å²) in [5, 5.41) is 1.80. The van der Waals surface area contributed by atoms with Gasteiger partial charge in [-0.2, -0.15) is 0 Å². The van der Waals surface area contributed by atoms with Crippen LogP contribution in [0.5, 0.6) is 0 Å². The Labute approximate surface area is 172 Å². The molecule has 0 N–H and O–H groups in total. The molecule has 148 valence electrons. The van der Waals surface area contributed by atoms with E-state index in [9.17, 15) is 4.79 Å². The van der Waals surface area contributed by atoms with E-state index in [-0.39, 0.29) is 18.1 Å². The summed E-state index contributed by atoms with van der Waals surface area (Å²) in [5.41, 5.74) is 3.69. The number of morpholine rings is 1. The van der Waals surface area contributed by atoms with Gasteiger partial charge in [0.2, 0.25) is 5.91 Å². The lowest BCUT2D eigenvalue weighted by atomic mass is 10.2. The molecule has 6 nitrogen and oxygen atoms in total. The molecule has 5 rings (SSSR count). The Bertz CT molecular complexity index is 1210. The molecule has 3 heterocycles. The van der Waals surface area contributed by atoms with Crippen LogP contribution in [0, 0.1) is 0 Å². The number of hydrogen-bond acceptors (Lipinski definition) is 5. The van der Waals surface area contributed by atoms with E-state index in [0.29, 0.717) is 18.8 Å². The zero-order valence-corrected chi connectivity index (χ0v) is 17.2. The second kappa shape index (κ2) is 7.31. The molecule has 7 heteroatoms. The highest BCUT2D eigenvalue weighted by molar-refractivity contribution is 7.99. The van der Waals surface area contributed by atoms with Crippen molar-refractivity contribution >= 4 is 45.3 Å². The van der Waals surface area contributed by atoms with E-state index in [1.165, 1.54) is 11.8 Å². The number of benzene rings is 2. The lowest BCUT2D eigenvalue weighted by Gasteiger charge is -2.35. The Morgan fingerprint density at radius 1 is 1.03 bits per heavy atom. The minimum atomic E-state index is 0.0655. The van der Waals surface area contributed by atoms with Gasteiger partial charge in [0.15, 0.2) is 5.16 Å². The molecule has 1 amide bonds. The van der Waals surface area contributed by atoms with Crippen molar-refractivity contribution < 1.29 is 9.53 Å². The smallest absolute Gasteiger partial charge is 0.233 e. The molecule has 29 heavy (non-hydrogen) atoms. The predicted octanol–water partition coefficient (Wildman–Crippen LogP) is 3.76. The monoisotopic (exact) mass is 406 g/mol. The van der Waals surface area contributed by atoms with Gasteiger partial charge in [0.1, 0.15) is 5.65 Å². The van der Waals surface area contributed by atoms with E-state index in [1.54, 1.807) is 0 Å². The lowest BCUT2D eigenvalue weighted by Crippen LogP contribution is -2.48. The first-order valence-corrected chi connectivity index (χ1v) is 10.8. The predicted molar refractivity (Wildman–Crippen MR) is 115 cm³/mol. The maximum Gasteiger partial charge on any atom is 0.233 e. The minimum absolute atomic E-state index is 0.0655. The largest absolute Gasteiger partial charge is 0.372 e. The maximum absolute atomic E-state index is 12.9. The summed E-state index contributed by atoms with van der Waals surface area (Å²) in [6.45, 7) is 5.29. The van der Waals surface area contributed by atoms with E-state index in [4.69, 9.17) is 14.7 Å². The Kier molecular flexibility index (Phi) is 4.64. The zero-order chi connectivity index (χ0) is 20.0. The van der Waals surface area contributed by atoms with Gasteiger partial charge < -0.3 is 9.64 Å². The number of ether oxygens (including phenoxy) is 1. The molecular formula is C22H22N4O2S. The summed E-state index contributed by atoms with van der Waals surface area (Å²) in [4.78, 5) is 24.5. The number of aromatic nitrogens is 3. The van der Waals surface area contributed by atoms with E-state index in [2.05, 4.69) is 4.40 Å². The number of fused-ring (bicyclic) bond motifs is 5. The molecular weight excluding hydrogens is 384 g/mol. The van der Waals surface area contributed by atoms with E-state index in [0.717, 1.165) is 32.7 Å². The first-order valence-electron chi connectivity index (χ1n) is 9.82. The van der Waals surface area contributed by atoms with Crippen molar-refractivity contribution in [3.8, 4) is 0 Å². The van der Waals surface area contributed by atoms with E-state index < -0.39 is 0 Å². The van der Waals surface area contributed by atoms with Gasteiger partial charge in [0.05, 0.1) is 34.5 Å². The summed E-state index contributed by atoms with van der Waals surface area (Å²) in [7, 11) is 0. The van der Waals surface area contributed by atoms with Crippen molar-refractivity contribution in [3.05, 3.63) is 48.5 Å². The summed E-state index contributed by atoms with van der Waals surface area (Å²) in [5.74, 6) is 0.455. The molecule has 0 unspecified atom stereocenters. The van der Waals surface area contributed by atoms with Crippen LogP contribution in [0.25, 0.3) is 27.6 Å². The summed E-state index contributed by atoms with van der Waals surface area (Å²) < 4.78 is 7.82. The standard InChI is InChI=1S/C22H22N4O2S/c1-14-11-25(12-15(2)28-14)20(27)13-29-22-24-17-8-4-3-7-16(17)21-23-18-9-5-6-10-19(18)26(21)22/h3-10,14-15H,11-13H2,1-2H3/t14-,15+. The fourth-order valence-electron chi connectivity index (χ4n) is 4.01. The number of imidazole rings is 1. The number of nitrogens with zero attached hydrogens (tertiary/aromatic N) is 4. The van der Waals surface area contributed by atoms with Crippen LogP contribution in [-0.2, 0) is 9.53 Å². The highest BCUT2D eigenvalue weighted by atomic mass is 32.2. The summed E-state index contributed by atoms with van der Waals surface area (Å²) >= 11 is 1.47. The van der Waals surface area contributed by atoms with Crippen molar-refractivity contribution in [2.24, 2.45) is 0 Å². The molecule has 2 aromatic heterocycles. The fraction of sp³-hybridized carbons (Fsp3) is 0.318. The molecule has 2 atom stereocenters. The quantitative estimate of drug-likeness (QED) is 0.383. The average Bonchev–Trinajstić information content (AvgIpc) is 3.11. The number of rotatable bonds is 3. The van der Waals surface area contributed by atoms with Gasteiger partial charge in [-0.1, -0.05) is 36.0 Å². The second-order valence-corrected chi connectivity index (χ2v) is 8.46. The van der Waals surface area contributed by atoms with Crippen LogP contribution in [0.1, 0.15) is 13.8 Å². The Hall–Kier alpha value is -2.64. The molecule has 0 bridgehead atoms. The minimum Gasteiger partial charge on any atom is -0.372 e. The Morgan fingerprint density at radius 3 is 2.52 bits per heavy atom.